The molecule has 1 aliphatic carbocycles. The molecule has 0 spiro atoms. The molecule has 5 heteroatoms. The van der Waals surface area contributed by atoms with E-state index in [0.29, 0.717) is 6.04 Å². The summed E-state index contributed by atoms with van der Waals surface area (Å²) in [5, 5.41) is 10.9. The summed E-state index contributed by atoms with van der Waals surface area (Å²) in [4.78, 5) is 4.59. The maximum Gasteiger partial charge on any atom is 0.191 e. The van der Waals surface area contributed by atoms with E-state index in [2.05, 4.69) is 34.6 Å². The van der Waals surface area contributed by atoms with Gasteiger partial charge in [0.15, 0.2) is 5.96 Å². The fourth-order valence-corrected chi connectivity index (χ4v) is 1.92. The molecule has 5 nitrogen and oxygen atoms in total. The van der Waals surface area contributed by atoms with E-state index >= 15 is 0 Å². The first kappa shape index (κ1) is 12.9. The third kappa shape index (κ3) is 3.75. The van der Waals surface area contributed by atoms with Crippen molar-refractivity contribution >= 4 is 5.96 Å². The number of nitrogens with zero attached hydrogens (tertiary/aromatic N) is 3. The summed E-state index contributed by atoms with van der Waals surface area (Å²) in [6.07, 6.45) is 6.13. The van der Waals surface area contributed by atoms with Gasteiger partial charge in [-0.1, -0.05) is 6.92 Å². The number of aliphatic imine (C=N–C) groups is 1. The molecule has 1 heterocycles. The van der Waals surface area contributed by atoms with E-state index in [0.717, 1.165) is 31.4 Å². The van der Waals surface area contributed by atoms with Gasteiger partial charge in [-0.15, -0.1) is 0 Å². The Morgan fingerprint density at radius 2 is 2.39 bits per heavy atom. The lowest BCUT2D eigenvalue weighted by atomic mass is 10.3. The van der Waals surface area contributed by atoms with Gasteiger partial charge in [0.1, 0.15) is 0 Å². The lowest BCUT2D eigenvalue weighted by molar-refractivity contribution is 0.762. The summed E-state index contributed by atoms with van der Waals surface area (Å²) < 4.78 is 1.83. The molecule has 0 bridgehead atoms. The Balaban J connectivity index is 1.79. The predicted octanol–water partition coefficient (Wildman–Crippen LogP) is 0.926. The molecule has 2 atom stereocenters. The monoisotopic (exact) mass is 249 g/mol. The lowest BCUT2D eigenvalue weighted by Gasteiger charge is -2.10. The SMILES string of the molecule is CCNC(=NCCc1cnn(C)c1)NC1CC1C. The number of guanidine groups is 1. The maximum absolute atomic E-state index is 4.59. The van der Waals surface area contributed by atoms with E-state index in [1.807, 2.05) is 24.1 Å². The van der Waals surface area contributed by atoms with E-state index in [1.54, 1.807) is 0 Å². The highest BCUT2D eigenvalue weighted by Crippen LogP contribution is 2.28. The number of hydrogen-bond acceptors (Lipinski definition) is 2. The number of nitrogens with one attached hydrogen (secondary N) is 2. The summed E-state index contributed by atoms with van der Waals surface area (Å²) >= 11 is 0. The molecule has 0 saturated heterocycles. The first-order valence-corrected chi connectivity index (χ1v) is 6.71. The van der Waals surface area contributed by atoms with Gasteiger partial charge in [-0.2, -0.15) is 5.10 Å². The van der Waals surface area contributed by atoms with Crippen molar-refractivity contribution in [2.75, 3.05) is 13.1 Å². The Labute approximate surface area is 109 Å². The summed E-state index contributed by atoms with van der Waals surface area (Å²) in [5.41, 5.74) is 1.23. The standard InChI is InChI=1S/C13H23N5/c1-4-14-13(17-12-7-10(12)2)15-6-5-11-8-16-18(3)9-11/h8-10,12H,4-7H2,1-3H3,(H2,14,15,17). The fourth-order valence-electron chi connectivity index (χ4n) is 1.92. The number of aromatic nitrogens is 2. The van der Waals surface area contributed by atoms with Crippen molar-refractivity contribution in [3.05, 3.63) is 18.0 Å². The van der Waals surface area contributed by atoms with Crippen LogP contribution in [-0.4, -0.2) is 34.9 Å². The molecular weight excluding hydrogens is 226 g/mol. The zero-order chi connectivity index (χ0) is 13.0. The maximum atomic E-state index is 4.59. The minimum Gasteiger partial charge on any atom is -0.357 e. The van der Waals surface area contributed by atoms with Crippen molar-refractivity contribution in [2.45, 2.75) is 32.7 Å². The Morgan fingerprint density at radius 3 is 2.94 bits per heavy atom. The van der Waals surface area contributed by atoms with Gasteiger partial charge in [0.05, 0.1) is 6.20 Å². The molecule has 1 saturated carbocycles. The van der Waals surface area contributed by atoms with Crippen molar-refractivity contribution in [3.63, 3.8) is 0 Å². The molecular formula is C13H23N5. The average Bonchev–Trinajstić information content (AvgIpc) is 2.85. The van der Waals surface area contributed by atoms with Crippen molar-refractivity contribution in [3.8, 4) is 0 Å². The molecule has 2 unspecified atom stereocenters. The molecule has 2 N–H and O–H groups in total. The summed E-state index contributed by atoms with van der Waals surface area (Å²) in [5.74, 6) is 1.72. The molecule has 1 aromatic heterocycles. The number of hydrogen-bond donors (Lipinski definition) is 2. The van der Waals surface area contributed by atoms with E-state index in [-0.39, 0.29) is 0 Å². The second kappa shape index (κ2) is 5.89. The molecule has 1 aromatic rings. The first-order chi connectivity index (χ1) is 8.69. The van der Waals surface area contributed by atoms with Gasteiger partial charge in [-0.3, -0.25) is 9.67 Å². The molecule has 0 aromatic carbocycles. The Kier molecular flexibility index (Phi) is 4.23. The van der Waals surface area contributed by atoms with Gasteiger partial charge in [0.25, 0.3) is 0 Å². The van der Waals surface area contributed by atoms with Gasteiger partial charge in [-0.25, -0.2) is 0 Å². The number of aryl methyl sites for hydroxylation is 1. The zero-order valence-electron chi connectivity index (χ0n) is 11.5. The van der Waals surface area contributed by atoms with Crippen LogP contribution < -0.4 is 10.6 Å². The van der Waals surface area contributed by atoms with Crippen LogP contribution in [0.4, 0.5) is 0 Å². The van der Waals surface area contributed by atoms with Crippen molar-refractivity contribution in [1.29, 1.82) is 0 Å². The quantitative estimate of drug-likeness (QED) is 0.603. The van der Waals surface area contributed by atoms with Gasteiger partial charge in [-0.05, 0) is 31.2 Å². The molecule has 18 heavy (non-hydrogen) atoms. The number of rotatable bonds is 5. The van der Waals surface area contributed by atoms with E-state index in [9.17, 15) is 0 Å². The van der Waals surface area contributed by atoms with E-state index < -0.39 is 0 Å². The average molecular weight is 249 g/mol. The largest absolute Gasteiger partial charge is 0.357 e. The lowest BCUT2D eigenvalue weighted by Crippen LogP contribution is -2.39. The topological polar surface area (TPSA) is 54.2 Å². The van der Waals surface area contributed by atoms with Gasteiger partial charge >= 0.3 is 0 Å². The van der Waals surface area contributed by atoms with Crippen LogP contribution in [0.3, 0.4) is 0 Å². The Bertz CT molecular complexity index is 409. The van der Waals surface area contributed by atoms with Crippen LogP contribution in [0.2, 0.25) is 0 Å². The molecule has 1 aliphatic rings. The van der Waals surface area contributed by atoms with Crippen molar-refractivity contribution in [1.82, 2.24) is 20.4 Å². The van der Waals surface area contributed by atoms with Crippen LogP contribution >= 0.6 is 0 Å². The van der Waals surface area contributed by atoms with Crippen LogP contribution in [0.25, 0.3) is 0 Å². The smallest absolute Gasteiger partial charge is 0.191 e. The van der Waals surface area contributed by atoms with Gasteiger partial charge in [0, 0.05) is 32.4 Å². The highest BCUT2D eigenvalue weighted by atomic mass is 15.2. The second-order valence-corrected chi connectivity index (χ2v) is 5.00. The second-order valence-electron chi connectivity index (χ2n) is 5.00. The zero-order valence-corrected chi connectivity index (χ0v) is 11.5. The van der Waals surface area contributed by atoms with Gasteiger partial charge < -0.3 is 10.6 Å². The van der Waals surface area contributed by atoms with Crippen LogP contribution in [0.5, 0.6) is 0 Å². The molecule has 100 valence electrons. The Hall–Kier alpha value is -1.52. The van der Waals surface area contributed by atoms with E-state index in [4.69, 9.17) is 0 Å². The van der Waals surface area contributed by atoms with Crippen LogP contribution in [0.15, 0.2) is 17.4 Å². The highest BCUT2D eigenvalue weighted by Gasteiger charge is 2.33. The third-order valence-corrected chi connectivity index (χ3v) is 3.20. The van der Waals surface area contributed by atoms with Gasteiger partial charge in [0.2, 0.25) is 0 Å². The third-order valence-electron chi connectivity index (χ3n) is 3.20. The summed E-state index contributed by atoms with van der Waals surface area (Å²) in [7, 11) is 1.94. The molecule has 2 rings (SSSR count). The summed E-state index contributed by atoms with van der Waals surface area (Å²) in [6.45, 7) is 6.05. The summed E-state index contributed by atoms with van der Waals surface area (Å²) in [6, 6.07) is 0.612. The molecule has 0 amide bonds. The van der Waals surface area contributed by atoms with Crippen LogP contribution in [0, 0.1) is 5.92 Å². The van der Waals surface area contributed by atoms with Crippen LogP contribution in [0.1, 0.15) is 25.8 Å². The molecule has 0 radical (unpaired) electrons. The molecule has 1 fully saturated rings. The predicted molar refractivity (Wildman–Crippen MR) is 73.6 cm³/mol. The minimum absolute atomic E-state index is 0.612. The first-order valence-electron chi connectivity index (χ1n) is 6.71. The normalized spacial score (nSPS) is 22.9. The minimum atomic E-state index is 0.612. The van der Waals surface area contributed by atoms with Crippen molar-refractivity contribution < 1.29 is 0 Å². The molecule has 0 aliphatic heterocycles. The Morgan fingerprint density at radius 1 is 1.61 bits per heavy atom. The fraction of sp³-hybridized carbons (Fsp3) is 0.692. The van der Waals surface area contributed by atoms with Crippen LogP contribution in [-0.2, 0) is 13.5 Å². The highest BCUT2D eigenvalue weighted by molar-refractivity contribution is 5.80. The van der Waals surface area contributed by atoms with E-state index in [1.165, 1.54) is 12.0 Å². The van der Waals surface area contributed by atoms with Crippen molar-refractivity contribution in [2.24, 2.45) is 18.0 Å².